The van der Waals surface area contributed by atoms with Crippen molar-refractivity contribution in [1.82, 2.24) is 19.4 Å². The maximum absolute atomic E-state index is 16.1. The van der Waals surface area contributed by atoms with Crippen LogP contribution in [0.2, 0.25) is 0 Å². The van der Waals surface area contributed by atoms with Crippen LogP contribution in [0.5, 0.6) is 0 Å². The van der Waals surface area contributed by atoms with Gasteiger partial charge in [-0.05, 0) is 39.7 Å². The van der Waals surface area contributed by atoms with Gasteiger partial charge in [-0.3, -0.25) is 14.7 Å². The number of aromatic nitrogens is 2. The monoisotopic (exact) mass is 420 g/mol. The van der Waals surface area contributed by atoms with Crippen LogP contribution in [0.15, 0.2) is 23.1 Å². The molecule has 1 fully saturated rings. The molecule has 1 amide bonds. The van der Waals surface area contributed by atoms with Crippen molar-refractivity contribution in [3.8, 4) is 0 Å². The third kappa shape index (κ3) is 3.34. The van der Waals surface area contributed by atoms with E-state index in [9.17, 15) is 19.1 Å². The Hall–Kier alpha value is -2.55. The van der Waals surface area contributed by atoms with Crippen molar-refractivity contribution in [2.75, 3.05) is 19.6 Å². The summed E-state index contributed by atoms with van der Waals surface area (Å²) in [7, 11) is 0. The number of rotatable bonds is 3. The van der Waals surface area contributed by atoms with Crippen molar-refractivity contribution in [1.29, 1.82) is 0 Å². The first-order valence-corrected chi connectivity index (χ1v) is 10.1. The van der Waals surface area contributed by atoms with Gasteiger partial charge in [0, 0.05) is 37.3 Å². The van der Waals surface area contributed by atoms with E-state index in [1.807, 2.05) is 25.7 Å². The van der Waals surface area contributed by atoms with Crippen LogP contribution in [0.3, 0.4) is 0 Å². The SMILES string of the molecule is CC(C)(C)N(C(=O)O)C1CCN(CC2(F)Cn3c(=O)ccc4ncc(F)c2c43)CC1. The molecule has 30 heavy (non-hydrogen) atoms. The summed E-state index contributed by atoms with van der Waals surface area (Å²) in [6.45, 7) is 6.26. The fraction of sp³-hybridized carbons (Fsp3) is 0.571. The van der Waals surface area contributed by atoms with E-state index in [1.54, 1.807) is 0 Å². The minimum atomic E-state index is -2.04. The Morgan fingerprint density at radius 3 is 2.60 bits per heavy atom. The predicted octanol–water partition coefficient (Wildman–Crippen LogP) is 2.96. The topological polar surface area (TPSA) is 78.7 Å². The molecule has 1 atom stereocenters. The first kappa shape index (κ1) is 20.7. The second-order valence-electron chi connectivity index (χ2n) is 9.27. The van der Waals surface area contributed by atoms with Gasteiger partial charge in [-0.25, -0.2) is 13.6 Å². The van der Waals surface area contributed by atoms with Crippen LogP contribution in [0.4, 0.5) is 13.6 Å². The number of carboxylic acid groups (broad SMARTS) is 1. The van der Waals surface area contributed by atoms with Gasteiger partial charge in [0.2, 0.25) is 0 Å². The van der Waals surface area contributed by atoms with E-state index in [-0.39, 0.29) is 35.8 Å². The van der Waals surface area contributed by atoms with Crippen LogP contribution >= 0.6 is 0 Å². The van der Waals surface area contributed by atoms with Crippen molar-refractivity contribution in [2.24, 2.45) is 0 Å². The Morgan fingerprint density at radius 2 is 2.00 bits per heavy atom. The second-order valence-corrected chi connectivity index (χ2v) is 9.27. The second kappa shape index (κ2) is 7.01. The maximum Gasteiger partial charge on any atom is 0.407 e. The molecule has 2 aromatic rings. The minimum absolute atomic E-state index is 0.0561. The summed E-state index contributed by atoms with van der Waals surface area (Å²) in [4.78, 5) is 31.3. The van der Waals surface area contributed by atoms with Crippen molar-refractivity contribution < 1.29 is 18.7 Å². The van der Waals surface area contributed by atoms with Crippen LogP contribution in [-0.4, -0.2) is 61.8 Å². The van der Waals surface area contributed by atoms with Crippen molar-refractivity contribution >= 4 is 17.1 Å². The van der Waals surface area contributed by atoms with E-state index in [1.165, 1.54) is 21.6 Å². The highest BCUT2D eigenvalue weighted by molar-refractivity contribution is 5.81. The van der Waals surface area contributed by atoms with Crippen LogP contribution in [0, 0.1) is 5.82 Å². The molecule has 0 saturated carbocycles. The lowest BCUT2D eigenvalue weighted by atomic mass is 9.93. The zero-order valence-corrected chi connectivity index (χ0v) is 17.4. The Bertz CT molecular complexity index is 1060. The molecular formula is C21H26F2N4O3. The van der Waals surface area contributed by atoms with Crippen LogP contribution in [0.1, 0.15) is 39.2 Å². The minimum Gasteiger partial charge on any atom is -0.465 e. The molecule has 2 aliphatic rings. The average Bonchev–Trinajstić information content (AvgIpc) is 2.95. The normalized spacial score (nSPS) is 22.6. The first-order valence-electron chi connectivity index (χ1n) is 10.1. The molecule has 9 heteroatoms. The van der Waals surface area contributed by atoms with E-state index in [4.69, 9.17) is 0 Å². The molecule has 1 N–H and O–H groups in total. The van der Waals surface area contributed by atoms with Gasteiger partial charge in [-0.1, -0.05) is 0 Å². The molecule has 1 saturated heterocycles. The fourth-order valence-corrected chi connectivity index (χ4v) is 4.96. The zero-order chi connectivity index (χ0) is 21.8. The summed E-state index contributed by atoms with van der Waals surface area (Å²) < 4.78 is 32.0. The molecule has 2 aliphatic heterocycles. The largest absolute Gasteiger partial charge is 0.465 e. The average molecular weight is 420 g/mol. The standard InChI is InChI=1S/C21H26F2N4O3/c1-20(2,3)27(19(29)30)13-6-8-25(9-7-13)11-21(23)12-26-16(28)5-4-15-18(26)17(21)14(22)10-24-15/h4-5,10,13H,6-9,11-12H2,1-3H3,(H,29,30). The van der Waals surface area contributed by atoms with Gasteiger partial charge >= 0.3 is 6.09 Å². The van der Waals surface area contributed by atoms with Crippen LogP contribution in [-0.2, 0) is 12.2 Å². The number of halogens is 2. The van der Waals surface area contributed by atoms with E-state index in [0.717, 1.165) is 6.20 Å². The summed E-state index contributed by atoms with van der Waals surface area (Å²) in [5, 5.41) is 9.61. The first-order chi connectivity index (χ1) is 14.0. The molecule has 7 nitrogen and oxygen atoms in total. The lowest BCUT2D eigenvalue weighted by Crippen LogP contribution is -2.55. The summed E-state index contributed by atoms with van der Waals surface area (Å²) in [5.41, 5.74) is -2.43. The highest BCUT2D eigenvalue weighted by Crippen LogP contribution is 2.41. The third-order valence-electron chi connectivity index (χ3n) is 6.14. The lowest BCUT2D eigenvalue weighted by Gasteiger charge is -2.44. The molecule has 2 aromatic heterocycles. The van der Waals surface area contributed by atoms with E-state index < -0.39 is 23.1 Å². The van der Waals surface area contributed by atoms with Gasteiger partial charge < -0.3 is 14.6 Å². The number of hydrogen-bond acceptors (Lipinski definition) is 4. The Labute approximate surface area is 172 Å². The predicted molar refractivity (Wildman–Crippen MR) is 108 cm³/mol. The number of piperidine rings is 1. The number of likely N-dealkylation sites (tertiary alicyclic amines) is 1. The van der Waals surface area contributed by atoms with Crippen LogP contribution < -0.4 is 5.56 Å². The maximum atomic E-state index is 16.1. The van der Waals surface area contributed by atoms with Gasteiger partial charge in [0.15, 0.2) is 5.67 Å². The summed E-state index contributed by atoms with van der Waals surface area (Å²) in [5.74, 6) is -0.749. The molecule has 4 rings (SSSR count). The van der Waals surface area contributed by atoms with Gasteiger partial charge in [-0.2, -0.15) is 0 Å². The van der Waals surface area contributed by atoms with Crippen molar-refractivity contribution in [2.45, 2.75) is 57.4 Å². The van der Waals surface area contributed by atoms with Gasteiger partial charge in [0.05, 0.1) is 29.3 Å². The summed E-state index contributed by atoms with van der Waals surface area (Å²) in [6.07, 6.45) is 1.18. The number of pyridine rings is 2. The number of hydrogen-bond donors (Lipinski definition) is 1. The van der Waals surface area contributed by atoms with E-state index in [2.05, 4.69) is 4.98 Å². The fourth-order valence-electron chi connectivity index (χ4n) is 4.96. The molecule has 0 aromatic carbocycles. The summed E-state index contributed by atoms with van der Waals surface area (Å²) in [6, 6.07) is 2.66. The molecule has 0 bridgehead atoms. The molecule has 1 unspecified atom stereocenters. The van der Waals surface area contributed by atoms with Gasteiger partial charge in [-0.15, -0.1) is 0 Å². The van der Waals surface area contributed by atoms with Crippen LogP contribution in [0.25, 0.3) is 11.0 Å². The van der Waals surface area contributed by atoms with E-state index in [0.29, 0.717) is 31.4 Å². The smallest absolute Gasteiger partial charge is 0.407 e. The summed E-state index contributed by atoms with van der Waals surface area (Å²) >= 11 is 0. The van der Waals surface area contributed by atoms with Crippen molar-refractivity contribution in [3.05, 3.63) is 40.1 Å². The van der Waals surface area contributed by atoms with Gasteiger partial charge in [0.1, 0.15) is 5.82 Å². The number of carbonyl (C=O) groups is 1. The third-order valence-corrected chi connectivity index (χ3v) is 6.14. The highest BCUT2D eigenvalue weighted by Gasteiger charge is 2.46. The number of nitrogens with zero attached hydrogens (tertiary/aromatic N) is 4. The number of alkyl halides is 1. The Balaban J connectivity index is 1.55. The Morgan fingerprint density at radius 1 is 1.33 bits per heavy atom. The Kier molecular flexibility index (Phi) is 4.84. The van der Waals surface area contributed by atoms with E-state index >= 15 is 4.39 Å². The molecule has 162 valence electrons. The molecule has 4 heterocycles. The molecular weight excluding hydrogens is 394 g/mol. The molecule has 0 radical (unpaired) electrons. The highest BCUT2D eigenvalue weighted by atomic mass is 19.1. The molecule has 0 spiro atoms. The quantitative estimate of drug-likeness (QED) is 0.826. The van der Waals surface area contributed by atoms with Gasteiger partial charge in [0.25, 0.3) is 5.56 Å². The van der Waals surface area contributed by atoms with Crippen molar-refractivity contribution in [3.63, 3.8) is 0 Å². The zero-order valence-electron chi connectivity index (χ0n) is 17.4. The number of amides is 1. The lowest BCUT2D eigenvalue weighted by molar-refractivity contribution is 0.0211. The molecule has 0 aliphatic carbocycles.